The van der Waals surface area contributed by atoms with Crippen LogP contribution in [-0.2, 0) is 11.2 Å². The second kappa shape index (κ2) is 10.9. The van der Waals surface area contributed by atoms with Gasteiger partial charge in [-0.25, -0.2) is 0 Å². The number of hydrogen-bond acceptors (Lipinski definition) is 5. The van der Waals surface area contributed by atoms with Gasteiger partial charge in [-0.15, -0.1) is 11.3 Å². The second-order valence-corrected chi connectivity index (χ2v) is 8.69. The van der Waals surface area contributed by atoms with Crippen molar-refractivity contribution in [2.24, 2.45) is 0 Å². The molecule has 0 bridgehead atoms. The highest BCUT2D eigenvalue weighted by molar-refractivity contribution is 9.10. The molecular weight excluding hydrogens is 438 g/mol. The molecule has 28 heavy (non-hydrogen) atoms. The Kier molecular flexibility index (Phi) is 8.27. The highest BCUT2D eigenvalue weighted by atomic mass is 79.9. The Morgan fingerprint density at radius 3 is 2.75 bits per heavy atom. The lowest BCUT2D eigenvalue weighted by Gasteiger charge is -2.26. The molecule has 1 aromatic heterocycles. The number of halogens is 1. The van der Waals surface area contributed by atoms with Crippen LogP contribution in [0, 0.1) is 0 Å². The molecule has 0 N–H and O–H groups in total. The zero-order valence-corrected chi connectivity index (χ0v) is 18.6. The van der Waals surface area contributed by atoms with E-state index < -0.39 is 0 Å². The molecule has 1 saturated heterocycles. The number of hydrogen-bond donors (Lipinski definition) is 0. The Hall–Kier alpha value is -1.47. The first-order valence-electron chi connectivity index (χ1n) is 9.69. The van der Waals surface area contributed by atoms with Gasteiger partial charge in [-0.3, -0.25) is 9.69 Å². The van der Waals surface area contributed by atoms with Crippen molar-refractivity contribution in [1.29, 1.82) is 0 Å². The average molecular weight is 464 g/mol. The van der Waals surface area contributed by atoms with Gasteiger partial charge in [-0.05, 0) is 52.2 Å². The summed E-state index contributed by atoms with van der Waals surface area (Å²) in [4.78, 5) is 16.8. The zero-order chi connectivity index (χ0) is 19.8. The van der Waals surface area contributed by atoms with Crippen LogP contribution in [0.1, 0.15) is 33.5 Å². The first-order chi connectivity index (χ1) is 13.7. The largest absolute Gasteiger partial charge is 0.492 e. The maximum atomic E-state index is 12.4. The minimum atomic E-state index is 0.0406. The van der Waals surface area contributed by atoms with E-state index in [1.54, 1.807) is 17.4 Å². The Balaban J connectivity index is 1.49. The molecule has 0 atom stereocenters. The van der Waals surface area contributed by atoms with Crippen LogP contribution in [0.15, 0.2) is 40.9 Å². The molecular formula is C22H26BrNO3S. The van der Waals surface area contributed by atoms with E-state index in [0.717, 1.165) is 66.4 Å². The van der Waals surface area contributed by atoms with Gasteiger partial charge in [0, 0.05) is 29.0 Å². The summed E-state index contributed by atoms with van der Waals surface area (Å²) in [6, 6.07) is 9.77. The number of nitrogens with zero attached hydrogens (tertiary/aromatic N) is 1. The molecule has 3 rings (SSSR count). The summed E-state index contributed by atoms with van der Waals surface area (Å²) in [5.74, 6) is 0.891. The van der Waals surface area contributed by atoms with Gasteiger partial charge < -0.3 is 9.47 Å². The summed E-state index contributed by atoms with van der Waals surface area (Å²) in [5, 5.41) is 0. The van der Waals surface area contributed by atoms with E-state index in [-0.39, 0.29) is 5.78 Å². The summed E-state index contributed by atoms with van der Waals surface area (Å²) in [5.41, 5.74) is 0.985. The van der Waals surface area contributed by atoms with Gasteiger partial charge in [0.05, 0.1) is 18.1 Å². The van der Waals surface area contributed by atoms with E-state index >= 15 is 0 Å². The molecule has 2 heterocycles. The van der Waals surface area contributed by atoms with Gasteiger partial charge in [-0.2, -0.15) is 0 Å². The summed E-state index contributed by atoms with van der Waals surface area (Å²) < 4.78 is 12.2. The molecule has 0 aliphatic carbocycles. The number of rotatable bonds is 9. The third-order valence-electron chi connectivity index (χ3n) is 4.56. The monoisotopic (exact) mass is 463 g/mol. The minimum absolute atomic E-state index is 0.0406. The van der Waals surface area contributed by atoms with Crippen molar-refractivity contribution in [3.63, 3.8) is 0 Å². The molecule has 0 radical (unpaired) electrons. The van der Waals surface area contributed by atoms with Crippen LogP contribution >= 0.6 is 27.3 Å². The van der Waals surface area contributed by atoms with Crippen LogP contribution in [0.25, 0.3) is 6.08 Å². The number of ketones is 1. The predicted octanol–water partition coefficient (Wildman–Crippen LogP) is 5.07. The number of benzene rings is 1. The average Bonchev–Trinajstić information content (AvgIpc) is 3.09. The molecule has 6 heteroatoms. The van der Waals surface area contributed by atoms with Crippen LogP contribution in [-0.4, -0.2) is 50.1 Å². The van der Waals surface area contributed by atoms with Crippen LogP contribution < -0.4 is 4.74 Å². The summed E-state index contributed by atoms with van der Waals surface area (Å²) in [6.07, 6.45) is 5.56. The number of ether oxygens (including phenoxy) is 2. The molecule has 1 aromatic carbocycles. The quantitative estimate of drug-likeness (QED) is 0.384. The number of morpholine rings is 1. The van der Waals surface area contributed by atoms with Crippen molar-refractivity contribution in [2.75, 3.05) is 39.5 Å². The lowest BCUT2D eigenvalue weighted by molar-refractivity contribution is 0.0322. The number of aryl methyl sites for hydroxylation is 1. The van der Waals surface area contributed by atoms with Gasteiger partial charge in [0.1, 0.15) is 12.4 Å². The lowest BCUT2D eigenvalue weighted by atomic mass is 10.2. The van der Waals surface area contributed by atoms with E-state index in [4.69, 9.17) is 9.47 Å². The first-order valence-corrected chi connectivity index (χ1v) is 11.3. The summed E-state index contributed by atoms with van der Waals surface area (Å²) >= 11 is 5.12. The number of thiophene rings is 1. The molecule has 0 amide bonds. The number of carbonyl (C=O) groups excluding carboxylic acids is 1. The Bertz CT molecular complexity index is 795. The topological polar surface area (TPSA) is 38.8 Å². The van der Waals surface area contributed by atoms with Crippen molar-refractivity contribution in [1.82, 2.24) is 4.90 Å². The normalized spacial score (nSPS) is 15.2. The van der Waals surface area contributed by atoms with E-state index in [9.17, 15) is 4.79 Å². The zero-order valence-electron chi connectivity index (χ0n) is 16.2. The molecule has 150 valence electrons. The van der Waals surface area contributed by atoms with E-state index in [1.165, 1.54) is 4.88 Å². The summed E-state index contributed by atoms with van der Waals surface area (Å²) in [6.45, 7) is 7.29. The number of carbonyl (C=O) groups is 1. The lowest BCUT2D eigenvalue weighted by Crippen LogP contribution is -2.38. The van der Waals surface area contributed by atoms with E-state index in [2.05, 4.69) is 27.8 Å². The fraction of sp³-hybridized carbons (Fsp3) is 0.409. The van der Waals surface area contributed by atoms with E-state index in [1.807, 2.05) is 36.4 Å². The van der Waals surface area contributed by atoms with Crippen LogP contribution in [0.2, 0.25) is 0 Å². The molecule has 1 fully saturated rings. The maximum absolute atomic E-state index is 12.4. The molecule has 2 aromatic rings. The van der Waals surface area contributed by atoms with E-state index in [0.29, 0.717) is 6.61 Å². The van der Waals surface area contributed by atoms with Gasteiger partial charge in [0.15, 0.2) is 5.78 Å². The highest BCUT2D eigenvalue weighted by Crippen LogP contribution is 2.29. The maximum Gasteiger partial charge on any atom is 0.195 e. The number of allylic oxidation sites excluding steroid dienone is 1. The predicted molar refractivity (Wildman–Crippen MR) is 119 cm³/mol. The van der Waals surface area contributed by atoms with Crippen molar-refractivity contribution in [2.45, 2.75) is 19.8 Å². The SMILES string of the molecule is CCCc1sc(C(=O)/C=C/c2ccc(OCCN3CCOCC3)cc2)cc1Br. The molecule has 4 nitrogen and oxygen atoms in total. The molecule has 0 unspecified atom stereocenters. The van der Waals surface area contributed by atoms with Gasteiger partial charge >= 0.3 is 0 Å². The Morgan fingerprint density at radius 1 is 1.29 bits per heavy atom. The van der Waals surface area contributed by atoms with Crippen LogP contribution in [0.5, 0.6) is 5.75 Å². The van der Waals surface area contributed by atoms with Crippen molar-refractivity contribution in [3.05, 3.63) is 56.2 Å². The Labute approximate surface area is 179 Å². The first kappa shape index (κ1) is 21.2. The smallest absolute Gasteiger partial charge is 0.195 e. The highest BCUT2D eigenvalue weighted by Gasteiger charge is 2.11. The molecule has 1 aliphatic rings. The molecule has 0 spiro atoms. The van der Waals surface area contributed by atoms with Gasteiger partial charge in [-0.1, -0.05) is 31.6 Å². The van der Waals surface area contributed by atoms with Crippen molar-refractivity contribution in [3.8, 4) is 5.75 Å². The fourth-order valence-corrected chi connectivity index (χ4v) is 4.87. The van der Waals surface area contributed by atoms with Gasteiger partial charge in [0.25, 0.3) is 0 Å². The van der Waals surface area contributed by atoms with Crippen LogP contribution in [0.3, 0.4) is 0 Å². The molecule has 0 saturated carbocycles. The van der Waals surface area contributed by atoms with Crippen molar-refractivity contribution < 1.29 is 14.3 Å². The second-order valence-electron chi connectivity index (χ2n) is 6.70. The Morgan fingerprint density at radius 2 is 2.04 bits per heavy atom. The minimum Gasteiger partial charge on any atom is -0.492 e. The summed E-state index contributed by atoms with van der Waals surface area (Å²) in [7, 11) is 0. The van der Waals surface area contributed by atoms with Crippen molar-refractivity contribution >= 4 is 39.1 Å². The third kappa shape index (κ3) is 6.27. The third-order valence-corrected chi connectivity index (χ3v) is 6.74. The standard InChI is InChI=1S/C22H26BrNO3S/c1-2-3-21-19(23)16-22(28-21)20(25)9-6-17-4-7-18(8-5-17)27-15-12-24-10-13-26-14-11-24/h4-9,16H,2-3,10-15H2,1H3/b9-6+. The molecule has 1 aliphatic heterocycles. The van der Waals surface area contributed by atoms with Gasteiger partial charge in [0.2, 0.25) is 0 Å². The fourth-order valence-electron chi connectivity index (χ4n) is 2.97. The van der Waals surface area contributed by atoms with Crippen LogP contribution in [0.4, 0.5) is 0 Å².